The van der Waals surface area contributed by atoms with Gasteiger partial charge in [-0.1, -0.05) is 68.4 Å². The van der Waals surface area contributed by atoms with Crippen molar-refractivity contribution in [2.75, 3.05) is 17.3 Å². The molecule has 1 fully saturated rings. The molecule has 3 heterocycles. The molecule has 1 unspecified atom stereocenters. The normalized spacial score (nSPS) is 17.6. The van der Waals surface area contributed by atoms with Gasteiger partial charge in [0.1, 0.15) is 17.8 Å². The van der Waals surface area contributed by atoms with Crippen LogP contribution in [0.4, 0.5) is 16.2 Å². The number of para-hydroxylation sites is 2. The van der Waals surface area contributed by atoms with Gasteiger partial charge in [-0.3, -0.25) is 14.5 Å². The lowest BCUT2D eigenvalue weighted by Gasteiger charge is -2.36. The number of urea groups is 1. The summed E-state index contributed by atoms with van der Waals surface area (Å²) in [5.41, 5.74) is 6.00. The topological polar surface area (TPSA) is 94.7 Å². The van der Waals surface area contributed by atoms with E-state index in [-0.39, 0.29) is 17.2 Å². The third kappa shape index (κ3) is 4.41. The molecule has 4 aromatic carbocycles. The highest BCUT2D eigenvalue weighted by Gasteiger charge is 2.53. The Labute approximate surface area is 255 Å². The number of hydrogen-bond acceptors (Lipinski definition) is 4. The molecule has 8 nitrogen and oxygen atoms in total. The maximum Gasteiger partial charge on any atom is 0.332 e. The summed E-state index contributed by atoms with van der Waals surface area (Å²) in [6, 6.07) is 28.3. The van der Waals surface area contributed by atoms with Crippen molar-refractivity contribution in [2.24, 2.45) is 0 Å². The summed E-state index contributed by atoms with van der Waals surface area (Å²) in [5.74, 6) is 0.312. The smallest absolute Gasteiger partial charge is 0.332 e. The molecule has 1 saturated heterocycles. The number of imide groups is 1. The first-order valence-electron chi connectivity index (χ1n) is 14.8. The number of hydrogen-bond donors (Lipinski definition) is 2. The summed E-state index contributed by atoms with van der Waals surface area (Å²) in [4.78, 5) is 48.6. The van der Waals surface area contributed by atoms with Gasteiger partial charge in [-0.05, 0) is 65.1 Å². The number of aromatic nitrogens is 1. The largest absolute Gasteiger partial charge is 0.497 e. The molecule has 0 bridgehead atoms. The average Bonchev–Trinajstić information content (AvgIpc) is 3.54. The van der Waals surface area contributed by atoms with Crippen molar-refractivity contribution in [2.45, 2.75) is 38.3 Å². The number of nitrogens with zero attached hydrogens (tertiary/aromatic N) is 2. The maximum atomic E-state index is 14.4. The fourth-order valence-corrected chi connectivity index (χ4v) is 6.44. The van der Waals surface area contributed by atoms with Crippen LogP contribution in [0.1, 0.15) is 58.5 Å². The summed E-state index contributed by atoms with van der Waals surface area (Å²) >= 11 is 0. The molecule has 1 aromatic heterocycles. The minimum atomic E-state index is -0.735. The van der Waals surface area contributed by atoms with Gasteiger partial charge in [0.15, 0.2) is 0 Å². The Hall–Kier alpha value is -5.37. The summed E-state index contributed by atoms with van der Waals surface area (Å²) in [7, 11) is 1.61. The molecule has 0 aliphatic carbocycles. The highest BCUT2D eigenvalue weighted by molar-refractivity contribution is 6.24. The highest BCUT2D eigenvalue weighted by Crippen LogP contribution is 2.45. The van der Waals surface area contributed by atoms with Crippen molar-refractivity contribution < 1.29 is 19.1 Å². The molecule has 4 amide bonds. The zero-order valence-corrected chi connectivity index (χ0v) is 24.7. The number of carbonyl (C=O) groups excluding carboxylic acids is 3. The van der Waals surface area contributed by atoms with Crippen LogP contribution in [0.25, 0.3) is 10.9 Å². The van der Waals surface area contributed by atoms with Crippen molar-refractivity contribution in [1.29, 1.82) is 0 Å². The Kier molecular flexibility index (Phi) is 6.69. The number of fused-ring (bicyclic) bond motifs is 4. The lowest BCUT2D eigenvalue weighted by Crippen LogP contribution is -2.44. The fraction of sp³-hybridized carbons (Fsp3) is 0.194. The van der Waals surface area contributed by atoms with E-state index in [9.17, 15) is 14.4 Å². The van der Waals surface area contributed by atoms with Gasteiger partial charge in [0.05, 0.1) is 18.4 Å². The number of anilines is 2. The van der Waals surface area contributed by atoms with Gasteiger partial charge in [-0.15, -0.1) is 0 Å². The number of aromatic amines is 1. The summed E-state index contributed by atoms with van der Waals surface area (Å²) in [6.45, 7) is 4.22. The van der Waals surface area contributed by atoms with Crippen molar-refractivity contribution in [3.63, 3.8) is 0 Å². The van der Waals surface area contributed by atoms with E-state index in [1.54, 1.807) is 36.3 Å². The molecule has 44 heavy (non-hydrogen) atoms. The molecule has 2 atom stereocenters. The molecule has 7 rings (SSSR count). The quantitative estimate of drug-likeness (QED) is 0.210. The second-order valence-corrected chi connectivity index (χ2v) is 11.6. The average molecular weight is 585 g/mol. The number of methoxy groups -OCH3 is 1. The Bertz CT molecular complexity index is 1910. The molecular weight excluding hydrogens is 552 g/mol. The lowest BCUT2D eigenvalue weighted by atomic mass is 9.89. The van der Waals surface area contributed by atoms with Crippen LogP contribution in [-0.2, 0) is 11.2 Å². The Morgan fingerprint density at radius 2 is 1.61 bits per heavy atom. The molecule has 0 saturated carbocycles. The molecular formula is C36H32N4O4. The van der Waals surface area contributed by atoms with E-state index in [2.05, 4.69) is 24.1 Å². The molecule has 2 aliphatic heterocycles. The zero-order valence-electron chi connectivity index (χ0n) is 24.7. The number of amides is 4. The molecule has 0 radical (unpaired) electrons. The Morgan fingerprint density at radius 1 is 0.909 bits per heavy atom. The highest BCUT2D eigenvalue weighted by atomic mass is 16.5. The number of carbonyl (C=O) groups is 3. The van der Waals surface area contributed by atoms with E-state index >= 15 is 0 Å². The molecule has 8 heteroatoms. The van der Waals surface area contributed by atoms with E-state index in [0.29, 0.717) is 23.8 Å². The van der Waals surface area contributed by atoms with Crippen LogP contribution in [0.3, 0.4) is 0 Å². The van der Waals surface area contributed by atoms with Crippen LogP contribution in [0.15, 0.2) is 97.1 Å². The van der Waals surface area contributed by atoms with Crippen molar-refractivity contribution >= 4 is 40.1 Å². The van der Waals surface area contributed by atoms with Crippen LogP contribution < -0.4 is 15.0 Å². The summed E-state index contributed by atoms with van der Waals surface area (Å²) in [6.07, 6.45) is 0.365. The first-order valence-corrected chi connectivity index (χ1v) is 14.8. The second-order valence-electron chi connectivity index (χ2n) is 11.6. The van der Waals surface area contributed by atoms with E-state index in [0.717, 1.165) is 33.3 Å². The van der Waals surface area contributed by atoms with Gasteiger partial charge in [0.25, 0.3) is 11.8 Å². The van der Waals surface area contributed by atoms with Crippen LogP contribution in [0.2, 0.25) is 0 Å². The van der Waals surface area contributed by atoms with Crippen LogP contribution in [0.5, 0.6) is 5.75 Å². The number of rotatable bonds is 6. The number of nitrogens with one attached hydrogen (secondary N) is 2. The van der Waals surface area contributed by atoms with Gasteiger partial charge >= 0.3 is 6.03 Å². The van der Waals surface area contributed by atoms with Crippen molar-refractivity contribution in [3.8, 4) is 5.75 Å². The summed E-state index contributed by atoms with van der Waals surface area (Å²) in [5, 5.41) is 3.97. The van der Waals surface area contributed by atoms with Crippen LogP contribution in [0, 0.1) is 0 Å². The van der Waals surface area contributed by atoms with Crippen LogP contribution >= 0.6 is 0 Å². The monoisotopic (exact) mass is 584 g/mol. The molecule has 5 aromatic rings. The van der Waals surface area contributed by atoms with Gasteiger partial charge in [-0.25, -0.2) is 9.69 Å². The number of benzene rings is 4. The van der Waals surface area contributed by atoms with Gasteiger partial charge in [-0.2, -0.15) is 0 Å². The number of ether oxygens (including phenoxy) is 1. The van der Waals surface area contributed by atoms with Crippen molar-refractivity contribution in [3.05, 3.63) is 125 Å². The standard InChI is InChI=1S/C36H32N4O4/c1-21(2)22-12-16-24(17-13-22)37-34(41)27-9-5-7-11-30(27)40-35(42)31-20-28-26-8-4-6-10-29(26)38-32(28)33(39(31)36(40)43)23-14-18-25(44-3)19-15-23/h4-19,21,31,33,38H,20H2,1-3H3,(H,37,41)/t31-,33?/m0/s1. The minimum absolute atomic E-state index is 0.243. The summed E-state index contributed by atoms with van der Waals surface area (Å²) < 4.78 is 5.38. The van der Waals surface area contributed by atoms with E-state index in [1.165, 1.54) is 4.90 Å². The first kappa shape index (κ1) is 27.5. The second kappa shape index (κ2) is 10.7. The van der Waals surface area contributed by atoms with E-state index in [1.807, 2.05) is 72.8 Å². The lowest BCUT2D eigenvalue weighted by molar-refractivity contribution is -0.120. The Morgan fingerprint density at radius 3 is 2.34 bits per heavy atom. The Balaban J connectivity index is 1.28. The third-order valence-electron chi connectivity index (χ3n) is 8.71. The molecule has 2 aliphatic rings. The van der Waals surface area contributed by atoms with Gasteiger partial charge in [0, 0.05) is 28.7 Å². The molecule has 0 spiro atoms. The molecule has 220 valence electrons. The predicted molar refractivity (Wildman–Crippen MR) is 170 cm³/mol. The van der Waals surface area contributed by atoms with Gasteiger partial charge in [0.2, 0.25) is 0 Å². The third-order valence-corrected chi connectivity index (χ3v) is 8.71. The first-order chi connectivity index (χ1) is 21.4. The zero-order chi connectivity index (χ0) is 30.5. The van der Waals surface area contributed by atoms with Gasteiger partial charge < -0.3 is 15.0 Å². The van der Waals surface area contributed by atoms with E-state index in [4.69, 9.17) is 4.74 Å². The minimum Gasteiger partial charge on any atom is -0.497 e. The fourth-order valence-electron chi connectivity index (χ4n) is 6.44. The van der Waals surface area contributed by atoms with Crippen molar-refractivity contribution in [1.82, 2.24) is 9.88 Å². The number of H-pyrrole nitrogens is 1. The van der Waals surface area contributed by atoms with Crippen LogP contribution in [-0.4, -0.2) is 40.9 Å². The molecule has 2 N–H and O–H groups in total. The SMILES string of the molecule is COc1ccc(C2c3[nH]c4ccccc4c3C[C@H]3C(=O)N(c4ccccc4C(=O)Nc4ccc(C(C)C)cc4)C(=O)N23)cc1. The van der Waals surface area contributed by atoms with E-state index < -0.39 is 24.0 Å². The maximum absolute atomic E-state index is 14.4. The predicted octanol–water partition coefficient (Wildman–Crippen LogP) is 7.04.